The second kappa shape index (κ2) is 7.77. The molecule has 2 rings (SSSR count). The standard InChI is InChI=1S/C18H23N3O3/c1-12(2)16(9-17(22)23)20-18(24)21(3)11-14-6-4-5-13-10-19-8-7-15(13)14/h4-8,10,12,16H,9,11H2,1-3H3,(H,20,24)(H,22,23)/t16-/m0/s1. The summed E-state index contributed by atoms with van der Waals surface area (Å²) in [5, 5.41) is 13.9. The molecule has 0 unspecified atom stereocenters. The van der Waals surface area contributed by atoms with Gasteiger partial charge in [0.05, 0.1) is 6.42 Å². The number of carboxylic acids is 1. The first kappa shape index (κ1) is 17.7. The van der Waals surface area contributed by atoms with E-state index < -0.39 is 12.0 Å². The molecule has 0 saturated heterocycles. The van der Waals surface area contributed by atoms with Gasteiger partial charge in [-0.2, -0.15) is 0 Å². The van der Waals surface area contributed by atoms with E-state index in [1.807, 2.05) is 38.1 Å². The SMILES string of the molecule is CC(C)[C@H](CC(=O)O)NC(=O)N(C)Cc1cccc2cnccc12. The van der Waals surface area contributed by atoms with Gasteiger partial charge in [0.1, 0.15) is 0 Å². The van der Waals surface area contributed by atoms with Crippen molar-refractivity contribution >= 4 is 22.8 Å². The Morgan fingerprint density at radius 1 is 1.29 bits per heavy atom. The number of hydrogen-bond acceptors (Lipinski definition) is 3. The number of hydrogen-bond donors (Lipinski definition) is 2. The van der Waals surface area contributed by atoms with Gasteiger partial charge in [-0.3, -0.25) is 9.78 Å². The smallest absolute Gasteiger partial charge is 0.317 e. The molecule has 24 heavy (non-hydrogen) atoms. The number of nitrogens with zero attached hydrogens (tertiary/aromatic N) is 2. The lowest BCUT2D eigenvalue weighted by molar-refractivity contribution is -0.137. The fourth-order valence-corrected chi connectivity index (χ4v) is 2.57. The highest BCUT2D eigenvalue weighted by Crippen LogP contribution is 2.19. The van der Waals surface area contributed by atoms with E-state index in [2.05, 4.69) is 10.3 Å². The van der Waals surface area contributed by atoms with Crippen molar-refractivity contribution in [2.75, 3.05) is 7.05 Å². The number of amides is 2. The van der Waals surface area contributed by atoms with E-state index in [0.29, 0.717) is 6.54 Å². The van der Waals surface area contributed by atoms with Crippen LogP contribution in [0.2, 0.25) is 0 Å². The van der Waals surface area contributed by atoms with Crippen molar-refractivity contribution in [1.82, 2.24) is 15.2 Å². The Kier molecular flexibility index (Phi) is 5.73. The first-order chi connectivity index (χ1) is 11.4. The van der Waals surface area contributed by atoms with Crippen LogP contribution in [0.4, 0.5) is 4.79 Å². The molecular formula is C18H23N3O3. The number of urea groups is 1. The number of aromatic nitrogens is 1. The van der Waals surface area contributed by atoms with E-state index in [-0.39, 0.29) is 18.4 Å². The molecule has 0 spiro atoms. The molecule has 0 fully saturated rings. The molecule has 128 valence electrons. The lowest BCUT2D eigenvalue weighted by Gasteiger charge is -2.25. The number of fused-ring (bicyclic) bond motifs is 1. The van der Waals surface area contributed by atoms with Crippen LogP contribution >= 0.6 is 0 Å². The normalized spacial score (nSPS) is 12.2. The highest BCUT2D eigenvalue weighted by atomic mass is 16.4. The third-order valence-corrected chi connectivity index (χ3v) is 4.03. The van der Waals surface area contributed by atoms with E-state index in [9.17, 15) is 9.59 Å². The Bertz CT molecular complexity index is 725. The number of pyridine rings is 1. The van der Waals surface area contributed by atoms with E-state index in [4.69, 9.17) is 5.11 Å². The van der Waals surface area contributed by atoms with Crippen LogP contribution in [0, 0.1) is 5.92 Å². The zero-order chi connectivity index (χ0) is 17.7. The highest BCUT2D eigenvalue weighted by Gasteiger charge is 2.21. The van der Waals surface area contributed by atoms with Crippen molar-refractivity contribution < 1.29 is 14.7 Å². The fourth-order valence-electron chi connectivity index (χ4n) is 2.57. The highest BCUT2D eigenvalue weighted by molar-refractivity contribution is 5.85. The zero-order valence-corrected chi connectivity index (χ0v) is 14.2. The largest absolute Gasteiger partial charge is 0.481 e. The Morgan fingerprint density at radius 2 is 2.04 bits per heavy atom. The van der Waals surface area contributed by atoms with Gasteiger partial charge in [0, 0.05) is 37.4 Å². The summed E-state index contributed by atoms with van der Waals surface area (Å²) in [5.74, 6) is -0.875. The molecule has 6 heteroatoms. The summed E-state index contributed by atoms with van der Waals surface area (Å²) < 4.78 is 0. The molecule has 1 aromatic carbocycles. The third kappa shape index (κ3) is 4.44. The molecular weight excluding hydrogens is 306 g/mol. The summed E-state index contributed by atoms with van der Waals surface area (Å²) in [4.78, 5) is 29.0. The number of benzene rings is 1. The Morgan fingerprint density at radius 3 is 2.71 bits per heavy atom. The average Bonchev–Trinajstić information content (AvgIpc) is 2.54. The van der Waals surface area contributed by atoms with Crippen LogP contribution in [-0.4, -0.2) is 40.1 Å². The minimum absolute atomic E-state index is 0.0436. The van der Waals surface area contributed by atoms with Gasteiger partial charge in [-0.05, 0) is 22.9 Å². The van der Waals surface area contributed by atoms with Crippen molar-refractivity contribution in [2.24, 2.45) is 5.92 Å². The Hall–Kier alpha value is -2.63. The quantitative estimate of drug-likeness (QED) is 0.854. The van der Waals surface area contributed by atoms with Gasteiger partial charge in [0.15, 0.2) is 0 Å². The lowest BCUT2D eigenvalue weighted by atomic mass is 10.0. The molecule has 1 atom stereocenters. The number of aliphatic carboxylic acids is 1. The zero-order valence-electron chi connectivity index (χ0n) is 14.2. The molecule has 2 N–H and O–H groups in total. The van der Waals surface area contributed by atoms with Crippen molar-refractivity contribution in [2.45, 2.75) is 32.9 Å². The molecule has 0 aliphatic carbocycles. The van der Waals surface area contributed by atoms with E-state index in [0.717, 1.165) is 16.3 Å². The van der Waals surface area contributed by atoms with Gasteiger partial charge in [-0.1, -0.05) is 32.0 Å². The molecule has 0 saturated carbocycles. The van der Waals surface area contributed by atoms with Gasteiger partial charge in [-0.15, -0.1) is 0 Å². The molecule has 2 aromatic rings. The molecule has 6 nitrogen and oxygen atoms in total. The summed E-state index contributed by atoms with van der Waals surface area (Å²) in [6.45, 7) is 4.22. The molecule has 0 radical (unpaired) electrons. The van der Waals surface area contributed by atoms with Crippen LogP contribution in [-0.2, 0) is 11.3 Å². The minimum atomic E-state index is -0.918. The second-order valence-corrected chi connectivity index (χ2v) is 6.27. The van der Waals surface area contributed by atoms with E-state index >= 15 is 0 Å². The van der Waals surface area contributed by atoms with Crippen molar-refractivity contribution in [3.05, 3.63) is 42.2 Å². The predicted octanol–water partition coefficient (Wildman–Crippen LogP) is 2.88. The topological polar surface area (TPSA) is 82.5 Å². The summed E-state index contributed by atoms with van der Waals surface area (Å²) in [5.41, 5.74) is 1.02. The van der Waals surface area contributed by atoms with Crippen molar-refractivity contribution in [3.8, 4) is 0 Å². The molecule has 0 aliphatic heterocycles. The Balaban J connectivity index is 2.09. The van der Waals surface area contributed by atoms with Crippen LogP contribution in [0.15, 0.2) is 36.7 Å². The lowest BCUT2D eigenvalue weighted by Crippen LogP contribution is -2.45. The predicted molar refractivity (Wildman–Crippen MR) is 92.6 cm³/mol. The number of rotatable bonds is 6. The van der Waals surface area contributed by atoms with Gasteiger partial charge < -0.3 is 15.3 Å². The van der Waals surface area contributed by atoms with Crippen LogP contribution in [0.1, 0.15) is 25.8 Å². The number of carbonyl (C=O) groups excluding carboxylic acids is 1. The summed E-state index contributed by atoms with van der Waals surface area (Å²) in [7, 11) is 1.70. The monoisotopic (exact) mass is 329 g/mol. The van der Waals surface area contributed by atoms with Crippen molar-refractivity contribution in [1.29, 1.82) is 0 Å². The minimum Gasteiger partial charge on any atom is -0.481 e. The van der Waals surface area contributed by atoms with Crippen LogP contribution in [0.5, 0.6) is 0 Å². The fraction of sp³-hybridized carbons (Fsp3) is 0.389. The third-order valence-electron chi connectivity index (χ3n) is 4.03. The number of nitrogens with one attached hydrogen (secondary N) is 1. The van der Waals surface area contributed by atoms with Gasteiger partial charge in [-0.25, -0.2) is 4.79 Å². The van der Waals surface area contributed by atoms with Gasteiger partial charge in [0.2, 0.25) is 0 Å². The number of carbonyl (C=O) groups is 2. The van der Waals surface area contributed by atoms with Gasteiger partial charge in [0.25, 0.3) is 0 Å². The Labute approximate surface area is 141 Å². The second-order valence-electron chi connectivity index (χ2n) is 6.27. The molecule has 1 heterocycles. The average molecular weight is 329 g/mol. The molecule has 1 aromatic heterocycles. The van der Waals surface area contributed by atoms with E-state index in [1.54, 1.807) is 24.3 Å². The molecule has 2 amide bonds. The van der Waals surface area contributed by atoms with Crippen LogP contribution < -0.4 is 5.32 Å². The van der Waals surface area contributed by atoms with E-state index in [1.165, 1.54) is 0 Å². The number of carboxylic acid groups (broad SMARTS) is 1. The van der Waals surface area contributed by atoms with Gasteiger partial charge >= 0.3 is 12.0 Å². The summed E-state index contributed by atoms with van der Waals surface area (Å²) >= 11 is 0. The maximum absolute atomic E-state index is 12.4. The molecule has 0 bridgehead atoms. The summed E-state index contributed by atoms with van der Waals surface area (Å²) in [6, 6.07) is 7.15. The van der Waals surface area contributed by atoms with Crippen LogP contribution in [0.25, 0.3) is 10.8 Å². The van der Waals surface area contributed by atoms with Crippen LogP contribution in [0.3, 0.4) is 0 Å². The maximum atomic E-state index is 12.4. The first-order valence-electron chi connectivity index (χ1n) is 7.93. The molecule has 0 aliphatic rings. The maximum Gasteiger partial charge on any atom is 0.317 e. The van der Waals surface area contributed by atoms with Crippen molar-refractivity contribution in [3.63, 3.8) is 0 Å². The first-order valence-corrected chi connectivity index (χ1v) is 7.93. The summed E-state index contributed by atoms with van der Waals surface area (Å²) in [6.07, 6.45) is 3.44.